The minimum absolute atomic E-state index is 0.00902. The number of aliphatic hydroxyl groups excluding tert-OH is 1. The zero-order valence-corrected chi connectivity index (χ0v) is 22.3. The van der Waals surface area contributed by atoms with Gasteiger partial charge in [0.25, 0.3) is 0 Å². The van der Waals surface area contributed by atoms with Crippen molar-refractivity contribution in [3.05, 3.63) is 42.7 Å². The first kappa shape index (κ1) is 26.1. The molecular formula is C27H36N4O5S. The number of hydrogen-bond acceptors (Lipinski definition) is 7. The number of carbonyl (C=O) groups excluding carboxylic acids is 1. The van der Waals surface area contributed by atoms with Gasteiger partial charge in [0.15, 0.2) is 0 Å². The van der Waals surface area contributed by atoms with Crippen molar-refractivity contribution in [2.24, 2.45) is 5.92 Å². The molecule has 1 aromatic heterocycles. The number of aromatic nitrogens is 1. The Hall–Kier alpha value is -2.53. The normalized spacial score (nSPS) is 26.1. The number of fused-ring (bicyclic) bond motifs is 2. The molecule has 1 amide bonds. The van der Waals surface area contributed by atoms with Crippen molar-refractivity contribution in [2.45, 2.75) is 62.1 Å². The van der Waals surface area contributed by atoms with Crippen LogP contribution in [0.5, 0.6) is 5.75 Å². The Morgan fingerprint density at radius 3 is 2.68 bits per heavy atom. The summed E-state index contributed by atoms with van der Waals surface area (Å²) >= 11 is 0. The number of nitrogens with one attached hydrogen (secondary N) is 1. The van der Waals surface area contributed by atoms with E-state index < -0.39 is 27.7 Å². The van der Waals surface area contributed by atoms with E-state index in [-0.39, 0.29) is 36.1 Å². The maximum Gasteiger partial charge on any atom is 0.247 e. The number of aliphatic hydroxyl groups is 1. The van der Waals surface area contributed by atoms with Gasteiger partial charge in [0.2, 0.25) is 15.9 Å². The number of carbonyl (C=O) groups is 1. The first-order valence-electron chi connectivity index (χ1n) is 13.1. The zero-order chi connectivity index (χ0) is 26.2. The van der Waals surface area contributed by atoms with Gasteiger partial charge in [-0.25, -0.2) is 8.42 Å². The van der Waals surface area contributed by atoms with Crippen molar-refractivity contribution in [3.8, 4) is 16.9 Å². The monoisotopic (exact) mass is 528 g/mol. The summed E-state index contributed by atoms with van der Waals surface area (Å²) in [6.45, 7) is 7.27. The summed E-state index contributed by atoms with van der Waals surface area (Å²) in [4.78, 5) is 20.1. The molecule has 2 aromatic rings. The number of nitrogens with zero attached hydrogens (tertiary/aromatic N) is 3. The number of sulfonamides is 1. The van der Waals surface area contributed by atoms with Crippen LogP contribution in [-0.4, -0.2) is 84.1 Å². The summed E-state index contributed by atoms with van der Waals surface area (Å²) in [5, 5.41) is 13.6. The minimum atomic E-state index is -4.10. The van der Waals surface area contributed by atoms with Gasteiger partial charge in [-0.2, -0.15) is 4.31 Å². The third-order valence-corrected chi connectivity index (χ3v) is 9.64. The van der Waals surface area contributed by atoms with Crippen molar-refractivity contribution < 1.29 is 23.1 Å². The molecule has 0 bridgehead atoms. The summed E-state index contributed by atoms with van der Waals surface area (Å²) < 4.78 is 35.0. The van der Waals surface area contributed by atoms with E-state index in [2.05, 4.69) is 29.0 Å². The molecule has 0 radical (unpaired) electrons. The van der Waals surface area contributed by atoms with E-state index in [1.807, 2.05) is 12.1 Å². The fourth-order valence-electron chi connectivity index (χ4n) is 5.78. The number of ether oxygens (including phenoxy) is 1. The Labute approximate surface area is 218 Å². The quantitative estimate of drug-likeness (QED) is 0.629. The molecule has 0 aliphatic carbocycles. The smallest absolute Gasteiger partial charge is 0.247 e. The van der Waals surface area contributed by atoms with Crippen molar-refractivity contribution in [3.63, 3.8) is 0 Å². The van der Waals surface area contributed by atoms with E-state index in [4.69, 9.17) is 4.74 Å². The predicted molar refractivity (Wildman–Crippen MR) is 139 cm³/mol. The van der Waals surface area contributed by atoms with Gasteiger partial charge < -0.3 is 20.1 Å². The maximum absolute atomic E-state index is 13.8. The average molecular weight is 529 g/mol. The molecule has 37 heavy (non-hydrogen) atoms. The number of likely N-dealkylation sites (tertiary alicyclic amines) is 1. The second kappa shape index (κ2) is 10.3. The second-order valence-electron chi connectivity index (χ2n) is 10.9. The maximum atomic E-state index is 13.8. The lowest BCUT2D eigenvalue weighted by molar-refractivity contribution is -0.127. The summed E-state index contributed by atoms with van der Waals surface area (Å²) in [6.07, 6.45) is 4.67. The molecule has 3 aliphatic rings. The van der Waals surface area contributed by atoms with Gasteiger partial charge in [0.1, 0.15) is 16.7 Å². The third kappa shape index (κ3) is 5.38. The van der Waals surface area contributed by atoms with Crippen molar-refractivity contribution in [1.82, 2.24) is 19.5 Å². The van der Waals surface area contributed by atoms with Crippen LogP contribution in [0.4, 0.5) is 0 Å². The lowest BCUT2D eigenvalue weighted by Crippen LogP contribution is -2.59. The van der Waals surface area contributed by atoms with E-state index in [0.717, 1.165) is 47.9 Å². The fourth-order valence-corrected chi connectivity index (χ4v) is 7.53. The number of rotatable bonds is 3. The molecule has 9 nitrogen and oxygen atoms in total. The Kier molecular flexibility index (Phi) is 7.28. The van der Waals surface area contributed by atoms with Crippen LogP contribution >= 0.6 is 0 Å². The fraction of sp³-hybridized carbons (Fsp3) is 0.556. The predicted octanol–water partition coefficient (Wildman–Crippen LogP) is 2.26. The van der Waals surface area contributed by atoms with Gasteiger partial charge in [-0.05, 0) is 42.5 Å². The molecule has 5 rings (SSSR count). The highest BCUT2D eigenvalue weighted by Crippen LogP contribution is 2.37. The number of amides is 1. The van der Waals surface area contributed by atoms with Crippen LogP contribution in [0.15, 0.2) is 47.6 Å². The van der Waals surface area contributed by atoms with Gasteiger partial charge in [-0.15, -0.1) is 0 Å². The molecule has 200 valence electrons. The summed E-state index contributed by atoms with van der Waals surface area (Å²) in [6, 6.07) is 7.76. The van der Waals surface area contributed by atoms with Crippen LogP contribution in [0.2, 0.25) is 0 Å². The molecule has 2 fully saturated rings. The number of pyridine rings is 1. The van der Waals surface area contributed by atoms with Crippen LogP contribution in [0.1, 0.15) is 39.5 Å². The van der Waals surface area contributed by atoms with E-state index >= 15 is 0 Å². The molecule has 0 unspecified atom stereocenters. The summed E-state index contributed by atoms with van der Waals surface area (Å²) in [7, 11) is -4.10. The number of benzene rings is 1. The molecule has 1 spiro atoms. The van der Waals surface area contributed by atoms with Gasteiger partial charge in [-0.3, -0.25) is 9.78 Å². The van der Waals surface area contributed by atoms with E-state index in [9.17, 15) is 18.3 Å². The molecule has 1 aromatic carbocycles. The Morgan fingerprint density at radius 2 is 1.97 bits per heavy atom. The Bertz CT molecular complexity index is 1230. The summed E-state index contributed by atoms with van der Waals surface area (Å²) in [5.41, 5.74) is 1.15. The van der Waals surface area contributed by atoms with Gasteiger partial charge in [-0.1, -0.05) is 26.0 Å². The summed E-state index contributed by atoms with van der Waals surface area (Å²) in [5.74, 6) is 0.472. The van der Waals surface area contributed by atoms with E-state index in [1.165, 1.54) is 6.07 Å². The molecule has 2 saturated heterocycles. The second-order valence-corrected chi connectivity index (χ2v) is 12.8. The average Bonchev–Trinajstić information content (AvgIpc) is 3.28. The van der Waals surface area contributed by atoms with Crippen molar-refractivity contribution in [1.29, 1.82) is 0 Å². The van der Waals surface area contributed by atoms with Crippen molar-refractivity contribution >= 4 is 15.9 Å². The highest BCUT2D eigenvalue weighted by molar-refractivity contribution is 7.89. The Morgan fingerprint density at radius 1 is 1.19 bits per heavy atom. The van der Waals surface area contributed by atoms with Crippen LogP contribution in [0.25, 0.3) is 11.1 Å². The molecule has 2 N–H and O–H groups in total. The molecule has 2 atom stereocenters. The van der Waals surface area contributed by atoms with E-state index in [0.29, 0.717) is 12.3 Å². The lowest BCUT2D eigenvalue weighted by atomic mass is 9.83. The van der Waals surface area contributed by atoms with Crippen LogP contribution < -0.4 is 10.1 Å². The first-order valence-corrected chi connectivity index (χ1v) is 14.5. The van der Waals surface area contributed by atoms with Gasteiger partial charge in [0.05, 0.1) is 12.7 Å². The van der Waals surface area contributed by atoms with Crippen molar-refractivity contribution in [2.75, 3.05) is 32.8 Å². The molecular weight excluding hydrogens is 492 g/mol. The van der Waals surface area contributed by atoms with E-state index in [1.54, 1.807) is 24.5 Å². The minimum Gasteiger partial charge on any atom is -0.492 e. The lowest BCUT2D eigenvalue weighted by Gasteiger charge is -2.43. The number of hydrogen-bond donors (Lipinski definition) is 2. The third-order valence-electron chi connectivity index (χ3n) is 7.72. The number of piperidine rings is 1. The van der Waals surface area contributed by atoms with Crippen LogP contribution in [0.3, 0.4) is 0 Å². The largest absolute Gasteiger partial charge is 0.492 e. The topological polar surface area (TPSA) is 112 Å². The molecule has 4 heterocycles. The molecule has 10 heteroatoms. The van der Waals surface area contributed by atoms with Crippen LogP contribution in [0, 0.1) is 5.92 Å². The van der Waals surface area contributed by atoms with Gasteiger partial charge >= 0.3 is 0 Å². The molecule has 0 saturated carbocycles. The zero-order valence-electron chi connectivity index (χ0n) is 21.5. The van der Waals surface area contributed by atoms with Gasteiger partial charge in [0, 0.05) is 62.5 Å². The van der Waals surface area contributed by atoms with Crippen LogP contribution in [-0.2, 0) is 14.8 Å². The highest BCUT2D eigenvalue weighted by Gasteiger charge is 2.47. The standard InChI is InChI=1S/C27H36N4O5S/c1-19(2)17-30-11-7-27(8-12-30)9-13-36-24-14-20(21-4-3-10-28-16-21)5-6-25(24)37(34,35)31-18-22(32)15-23(31)26(33)29-27/h3-6,10,14,16,19,22-23,32H,7-9,11-13,15,17-18H2,1-2H3,(H,29,33)/t22-,23+/m1/s1. The first-order chi connectivity index (χ1) is 17.7. The Balaban J connectivity index is 1.51. The SMILES string of the molecule is CC(C)CN1CCC2(CCOc3cc(-c4cccnc4)ccc3S(=O)(=O)N3C[C@H](O)C[C@H]3C(=O)N2)CC1. The highest BCUT2D eigenvalue weighted by atomic mass is 32.2. The molecule has 3 aliphatic heterocycles.